The van der Waals surface area contributed by atoms with Crippen molar-refractivity contribution in [3.63, 3.8) is 0 Å². The Morgan fingerprint density at radius 1 is 1.05 bits per heavy atom. The standard InChI is InChI=1S/C28H24N2O7S/c1-6-36-27(34)24-15(4)29-28(38-24)30-21(16-7-9-17(10-8-16)26(33)35-5)20-22(31)18-11-13(2)14(3)12-19(18)37-23(20)25(30)32/h7-12,21H,6H2,1-5H3. The van der Waals surface area contributed by atoms with Crippen LogP contribution in [0, 0.1) is 20.8 Å². The molecule has 1 aliphatic heterocycles. The maximum Gasteiger partial charge on any atom is 0.350 e. The van der Waals surface area contributed by atoms with Gasteiger partial charge >= 0.3 is 11.9 Å². The largest absolute Gasteiger partial charge is 0.465 e. The minimum absolute atomic E-state index is 0.0849. The van der Waals surface area contributed by atoms with Crippen molar-refractivity contribution in [1.82, 2.24) is 4.98 Å². The first kappa shape index (κ1) is 25.3. The first-order valence-electron chi connectivity index (χ1n) is 11.9. The number of benzene rings is 2. The first-order valence-corrected chi connectivity index (χ1v) is 12.7. The molecule has 0 saturated heterocycles. The van der Waals surface area contributed by atoms with Crippen molar-refractivity contribution in [2.24, 2.45) is 0 Å². The highest BCUT2D eigenvalue weighted by Crippen LogP contribution is 2.43. The van der Waals surface area contributed by atoms with Crippen LogP contribution in [0.25, 0.3) is 11.0 Å². The van der Waals surface area contributed by atoms with E-state index in [0.717, 1.165) is 22.5 Å². The van der Waals surface area contributed by atoms with E-state index in [0.29, 0.717) is 27.8 Å². The van der Waals surface area contributed by atoms with Gasteiger partial charge in [0.1, 0.15) is 10.5 Å². The Bertz CT molecular complexity index is 1680. The lowest BCUT2D eigenvalue weighted by Crippen LogP contribution is -2.29. The van der Waals surface area contributed by atoms with Crippen LogP contribution in [0.15, 0.2) is 45.6 Å². The average molecular weight is 533 g/mol. The molecule has 5 rings (SSSR count). The molecule has 0 aliphatic carbocycles. The normalized spacial score (nSPS) is 14.6. The lowest BCUT2D eigenvalue weighted by molar-refractivity contribution is 0.0529. The molecule has 9 nitrogen and oxygen atoms in total. The Kier molecular flexibility index (Phi) is 6.36. The van der Waals surface area contributed by atoms with Gasteiger partial charge in [0.15, 0.2) is 10.6 Å². The second kappa shape index (κ2) is 9.53. The van der Waals surface area contributed by atoms with Crippen LogP contribution in [0.2, 0.25) is 0 Å². The third-order valence-corrected chi connectivity index (χ3v) is 7.72. The minimum Gasteiger partial charge on any atom is -0.465 e. The highest BCUT2D eigenvalue weighted by Gasteiger charge is 2.45. The van der Waals surface area contributed by atoms with Crippen LogP contribution in [0.4, 0.5) is 5.13 Å². The molecule has 10 heteroatoms. The molecule has 2 aromatic heterocycles. The van der Waals surface area contributed by atoms with E-state index in [-0.39, 0.29) is 33.4 Å². The molecule has 1 unspecified atom stereocenters. The number of thiazole rings is 1. The van der Waals surface area contributed by atoms with E-state index in [1.165, 1.54) is 12.0 Å². The molecule has 2 aromatic carbocycles. The number of aryl methyl sites for hydroxylation is 3. The van der Waals surface area contributed by atoms with E-state index in [1.54, 1.807) is 50.2 Å². The number of nitrogens with zero attached hydrogens (tertiary/aromatic N) is 2. The Morgan fingerprint density at radius 2 is 1.74 bits per heavy atom. The van der Waals surface area contributed by atoms with Crippen molar-refractivity contribution >= 4 is 45.3 Å². The van der Waals surface area contributed by atoms with Crippen molar-refractivity contribution in [1.29, 1.82) is 0 Å². The van der Waals surface area contributed by atoms with Gasteiger partial charge in [-0.2, -0.15) is 0 Å². The summed E-state index contributed by atoms with van der Waals surface area (Å²) >= 11 is 1.01. The number of aromatic nitrogens is 1. The maximum absolute atomic E-state index is 13.9. The Hall–Kier alpha value is -4.31. The Labute approximate surface area is 221 Å². The third kappa shape index (κ3) is 3.97. The number of fused-ring (bicyclic) bond motifs is 2. The monoisotopic (exact) mass is 532 g/mol. The van der Waals surface area contributed by atoms with Gasteiger partial charge in [0.2, 0.25) is 5.76 Å². The van der Waals surface area contributed by atoms with Crippen molar-refractivity contribution in [2.75, 3.05) is 18.6 Å². The molecule has 38 heavy (non-hydrogen) atoms. The van der Waals surface area contributed by atoms with E-state index in [9.17, 15) is 19.2 Å². The number of amides is 1. The summed E-state index contributed by atoms with van der Waals surface area (Å²) in [6.45, 7) is 7.35. The highest BCUT2D eigenvalue weighted by atomic mass is 32.1. The number of hydrogen-bond acceptors (Lipinski definition) is 9. The molecule has 0 spiro atoms. The minimum atomic E-state index is -0.896. The number of ether oxygens (including phenoxy) is 2. The SMILES string of the molecule is CCOC(=O)c1sc(N2C(=O)c3oc4cc(C)c(C)cc4c(=O)c3C2c2ccc(C(=O)OC)cc2)nc1C. The summed E-state index contributed by atoms with van der Waals surface area (Å²) in [5, 5.41) is 0.583. The van der Waals surface area contributed by atoms with Crippen LogP contribution in [-0.2, 0) is 9.47 Å². The van der Waals surface area contributed by atoms with Crippen LogP contribution in [0.3, 0.4) is 0 Å². The molecular weight excluding hydrogens is 508 g/mol. The first-order chi connectivity index (χ1) is 18.2. The summed E-state index contributed by atoms with van der Waals surface area (Å²) in [5.74, 6) is -1.69. The fraction of sp³-hybridized carbons (Fsp3) is 0.250. The van der Waals surface area contributed by atoms with Gasteiger partial charge in [0, 0.05) is 0 Å². The maximum atomic E-state index is 13.9. The van der Waals surface area contributed by atoms with E-state index in [4.69, 9.17) is 13.9 Å². The molecule has 0 radical (unpaired) electrons. The summed E-state index contributed by atoms with van der Waals surface area (Å²) in [6, 6.07) is 9.05. The van der Waals surface area contributed by atoms with Crippen molar-refractivity contribution in [3.05, 3.63) is 90.8 Å². The molecule has 194 valence electrons. The molecule has 0 bridgehead atoms. The van der Waals surface area contributed by atoms with Crippen molar-refractivity contribution in [2.45, 2.75) is 33.7 Å². The fourth-order valence-electron chi connectivity index (χ4n) is 4.53. The summed E-state index contributed by atoms with van der Waals surface area (Å²) in [7, 11) is 1.29. The fourth-order valence-corrected chi connectivity index (χ4v) is 5.52. The smallest absolute Gasteiger partial charge is 0.350 e. The lowest BCUT2D eigenvalue weighted by Gasteiger charge is -2.22. The van der Waals surface area contributed by atoms with E-state index in [1.807, 2.05) is 13.8 Å². The number of carbonyl (C=O) groups is 3. The van der Waals surface area contributed by atoms with Crippen LogP contribution < -0.4 is 10.3 Å². The van der Waals surface area contributed by atoms with Crippen molar-refractivity contribution < 1.29 is 28.3 Å². The quantitative estimate of drug-likeness (QED) is 0.334. The number of carbonyl (C=O) groups excluding carboxylic acids is 3. The molecular formula is C28H24N2O7S. The topological polar surface area (TPSA) is 116 Å². The molecule has 0 N–H and O–H groups in total. The van der Waals surface area contributed by atoms with Crippen LogP contribution in [-0.4, -0.2) is 36.5 Å². The summed E-state index contributed by atoms with van der Waals surface area (Å²) < 4.78 is 16.0. The van der Waals surface area contributed by atoms with Crippen LogP contribution >= 0.6 is 11.3 Å². The summed E-state index contributed by atoms with van der Waals surface area (Å²) in [4.78, 5) is 58.3. The van der Waals surface area contributed by atoms with E-state index in [2.05, 4.69) is 4.98 Å². The molecule has 0 fully saturated rings. The number of esters is 2. The molecule has 1 amide bonds. The van der Waals surface area contributed by atoms with Gasteiger partial charge in [-0.05, 0) is 68.7 Å². The second-order valence-electron chi connectivity index (χ2n) is 8.93. The number of anilines is 1. The van der Waals surface area contributed by atoms with E-state index < -0.39 is 23.9 Å². The van der Waals surface area contributed by atoms with Gasteiger partial charge in [-0.15, -0.1) is 0 Å². The molecule has 3 heterocycles. The van der Waals surface area contributed by atoms with E-state index >= 15 is 0 Å². The average Bonchev–Trinajstić information content (AvgIpc) is 3.42. The van der Waals surface area contributed by atoms with Gasteiger partial charge in [-0.3, -0.25) is 14.5 Å². The van der Waals surface area contributed by atoms with Crippen LogP contribution in [0.1, 0.15) is 71.5 Å². The number of hydrogen-bond donors (Lipinski definition) is 0. The Morgan fingerprint density at radius 3 is 2.39 bits per heavy atom. The third-order valence-electron chi connectivity index (χ3n) is 6.59. The summed E-state index contributed by atoms with van der Waals surface area (Å²) in [5.41, 5.74) is 3.27. The molecule has 1 atom stereocenters. The molecule has 4 aromatic rings. The molecule has 1 aliphatic rings. The number of rotatable bonds is 5. The van der Waals surface area contributed by atoms with Crippen molar-refractivity contribution in [3.8, 4) is 0 Å². The zero-order chi connectivity index (χ0) is 27.3. The van der Waals surface area contributed by atoms with Gasteiger partial charge in [-0.1, -0.05) is 23.5 Å². The van der Waals surface area contributed by atoms with Crippen LogP contribution in [0.5, 0.6) is 0 Å². The van der Waals surface area contributed by atoms with Gasteiger partial charge < -0.3 is 13.9 Å². The molecule has 0 saturated carbocycles. The van der Waals surface area contributed by atoms with Gasteiger partial charge in [-0.25, -0.2) is 14.6 Å². The second-order valence-corrected chi connectivity index (χ2v) is 9.91. The van der Waals surface area contributed by atoms with Gasteiger partial charge in [0.05, 0.1) is 42.0 Å². The zero-order valence-electron chi connectivity index (χ0n) is 21.4. The summed E-state index contributed by atoms with van der Waals surface area (Å²) in [6.07, 6.45) is 0. The van der Waals surface area contributed by atoms with Gasteiger partial charge in [0.25, 0.3) is 5.91 Å². The number of methoxy groups -OCH3 is 1. The predicted molar refractivity (Wildman–Crippen MR) is 141 cm³/mol. The Balaban J connectivity index is 1.74. The zero-order valence-corrected chi connectivity index (χ0v) is 22.2. The lowest BCUT2D eigenvalue weighted by atomic mass is 9.97. The highest BCUT2D eigenvalue weighted by molar-refractivity contribution is 7.17. The predicted octanol–water partition coefficient (Wildman–Crippen LogP) is 4.89.